The first-order chi connectivity index (χ1) is 9.11. The van der Waals surface area contributed by atoms with E-state index in [0.717, 1.165) is 18.2 Å². The second-order valence-corrected chi connectivity index (χ2v) is 5.50. The number of hydrogen-bond donors (Lipinski definition) is 0. The van der Waals surface area contributed by atoms with Crippen LogP contribution in [-0.2, 0) is 18.3 Å². The lowest BCUT2D eigenvalue weighted by atomic mass is 10.1. The minimum absolute atomic E-state index is 0.193. The summed E-state index contributed by atoms with van der Waals surface area (Å²) in [5.41, 5.74) is 0.654. The highest BCUT2D eigenvalue weighted by molar-refractivity contribution is 9.08. The number of aromatic nitrogens is 3. The zero-order valence-corrected chi connectivity index (χ0v) is 12.7. The van der Waals surface area contributed by atoms with Gasteiger partial charge in [0, 0.05) is 13.0 Å². The van der Waals surface area contributed by atoms with Crippen LogP contribution in [0.4, 0.5) is 4.39 Å². The Morgan fingerprint density at radius 3 is 2.53 bits per heavy atom. The molecule has 2 aromatic rings. The van der Waals surface area contributed by atoms with Crippen molar-refractivity contribution in [3.63, 3.8) is 0 Å². The van der Waals surface area contributed by atoms with Crippen molar-refractivity contribution in [2.24, 2.45) is 5.92 Å². The van der Waals surface area contributed by atoms with Crippen molar-refractivity contribution in [3.05, 3.63) is 47.3 Å². The van der Waals surface area contributed by atoms with Crippen LogP contribution in [0.5, 0.6) is 0 Å². The number of nitrogens with zero attached hydrogens (tertiary/aromatic N) is 3. The summed E-state index contributed by atoms with van der Waals surface area (Å²) in [5, 5.41) is 9.01. The van der Waals surface area contributed by atoms with Crippen LogP contribution in [0.25, 0.3) is 0 Å². The van der Waals surface area contributed by atoms with Crippen LogP contribution < -0.4 is 0 Å². The zero-order chi connectivity index (χ0) is 13.8. The van der Waals surface area contributed by atoms with Crippen molar-refractivity contribution in [3.8, 4) is 0 Å². The summed E-state index contributed by atoms with van der Waals surface area (Å²) in [7, 11) is 0. The Bertz CT molecular complexity index is 551. The Balaban J connectivity index is 2.30. The van der Waals surface area contributed by atoms with Gasteiger partial charge >= 0.3 is 0 Å². The number of alkyl halides is 1. The summed E-state index contributed by atoms with van der Waals surface area (Å²) in [4.78, 5) is 0. The van der Waals surface area contributed by atoms with Crippen LogP contribution in [0.1, 0.15) is 31.1 Å². The predicted octanol–water partition coefficient (Wildman–Crippen LogP) is 3.56. The smallest absolute Gasteiger partial charge is 0.143 e. The van der Waals surface area contributed by atoms with E-state index in [9.17, 15) is 4.39 Å². The molecule has 1 heterocycles. The van der Waals surface area contributed by atoms with E-state index in [-0.39, 0.29) is 5.82 Å². The molecule has 0 fully saturated rings. The molecule has 0 saturated heterocycles. The van der Waals surface area contributed by atoms with Crippen molar-refractivity contribution < 1.29 is 4.39 Å². The first-order valence-corrected chi connectivity index (χ1v) is 7.44. The molecule has 0 bridgehead atoms. The first kappa shape index (κ1) is 14.2. The van der Waals surface area contributed by atoms with Crippen molar-refractivity contribution in [1.29, 1.82) is 0 Å². The van der Waals surface area contributed by atoms with E-state index in [4.69, 9.17) is 0 Å². The van der Waals surface area contributed by atoms with Crippen LogP contribution in [-0.4, -0.2) is 14.8 Å². The third-order valence-electron chi connectivity index (χ3n) is 2.88. The van der Waals surface area contributed by atoms with E-state index < -0.39 is 0 Å². The topological polar surface area (TPSA) is 30.7 Å². The molecule has 5 heteroatoms. The lowest BCUT2D eigenvalue weighted by molar-refractivity contribution is 0.499. The third kappa shape index (κ3) is 3.41. The summed E-state index contributed by atoms with van der Waals surface area (Å²) in [5.74, 6) is 2.00. The molecule has 0 radical (unpaired) electrons. The van der Waals surface area contributed by atoms with Crippen LogP contribution in [0.15, 0.2) is 24.3 Å². The van der Waals surface area contributed by atoms with Gasteiger partial charge in [0.05, 0.1) is 5.33 Å². The van der Waals surface area contributed by atoms with Crippen LogP contribution in [0.2, 0.25) is 0 Å². The lowest BCUT2D eigenvalue weighted by Gasteiger charge is -2.12. The summed E-state index contributed by atoms with van der Waals surface area (Å²) in [6.45, 7) is 5.13. The fourth-order valence-electron chi connectivity index (χ4n) is 1.99. The van der Waals surface area contributed by atoms with E-state index in [1.165, 1.54) is 6.07 Å². The largest absolute Gasteiger partial charge is 0.314 e. The molecule has 0 amide bonds. The molecule has 1 aromatic carbocycles. The summed E-state index contributed by atoms with van der Waals surface area (Å²) < 4.78 is 15.8. The van der Waals surface area contributed by atoms with Gasteiger partial charge in [-0.3, -0.25) is 0 Å². The quantitative estimate of drug-likeness (QED) is 0.787. The molecule has 2 rings (SSSR count). The standard InChI is InChI=1S/C14H17BrFN3/c1-10(2)9-19-13(17-18-14(19)8-15)7-11-5-3-4-6-12(11)16/h3-6,10H,7-9H2,1-2H3. The molecule has 0 saturated carbocycles. The number of halogens is 2. The average Bonchev–Trinajstić information content (AvgIpc) is 2.74. The second kappa shape index (κ2) is 6.28. The molecule has 0 aliphatic heterocycles. The van der Waals surface area contributed by atoms with E-state index in [1.54, 1.807) is 12.1 Å². The third-order valence-corrected chi connectivity index (χ3v) is 3.38. The van der Waals surface area contributed by atoms with Gasteiger partial charge in [0.1, 0.15) is 17.5 Å². The summed E-state index contributed by atoms with van der Waals surface area (Å²) >= 11 is 3.41. The molecule has 1 aromatic heterocycles. The van der Waals surface area contributed by atoms with E-state index >= 15 is 0 Å². The molecule has 0 aliphatic carbocycles. The Hall–Kier alpha value is -1.23. The van der Waals surface area contributed by atoms with Gasteiger partial charge in [0.2, 0.25) is 0 Å². The maximum Gasteiger partial charge on any atom is 0.143 e. The van der Waals surface area contributed by atoms with Gasteiger partial charge in [-0.05, 0) is 17.5 Å². The summed E-state index contributed by atoms with van der Waals surface area (Å²) in [6.07, 6.45) is 0.472. The number of benzene rings is 1. The Kier molecular flexibility index (Phi) is 4.69. The minimum atomic E-state index is -0.193. The average molecular weight is 326 g/mol. The molecule has 3 nitrogen and oxygen atoms in total. The van der Waals surface area contributed by atoms with Gasteiger partial charge in [-0.25, -0.2) is 4.39 Å². The predicted molar refractivity (Wildman–Crippen MR) is 76.7 cm³/mol. The van der Waals surface area contributed by atoms with E-state index in [1.807, 2.05) is 6.07 Å². The van der Waals surface area contributed by atoms with Crippen LogP contribution in [0.3, 0.4) is 0 Å². The Labute approximate surface area is 121 Å². The Morgan fingerprint density at radius 2 is 1.89 bits per heavy atom. The van der Waals surface area contributed by atoms with Gasteiger partial charge < -0.3 is 4.57 Å². The minimum Gasteiger partial charge on any atom is -0.314 e. The van der Waals surface area contributed by atoms with Gasteiger partial charge in [-0.1, -0.05) is 48.0 Å². The number of hydrogen-bond acceptors (Lipinski definition) is 2. The molecule has 0 N–H and O–H groups in total. The summed E-state index contributed by atoms with van der Waals surface area (Å²) in [6, 6.07) is 6.80. The first-order valence-electron chi connectivity index (χ1n) is 6.32. The van der Waals surface area contributed by atoms with Crippen molar-refractivity contribution in [2.75, 3.05) is 0 Å². The fraction of sp³-hybridized carbons (Fsp3) is 0.429. The normalized spacial score (nSPS) is 11.2. The fourth-order valence-corrected chi connectivity index (χ4v) is 2.40. The van der Waals surface area contributed by atoms with Crippen molar-refractivity contribution in [1.82, 2.24) is 14.8 Å². The van der Waals surface area contributed by atoms with Crippen molar-refractivity contribution >= 4 is 15.9 Å². The van der Waals surface area contributed by atoms with Crippen LogP contribution in [0, 0.1) is 11.7 Å². The molecule has 19 heavy (non-hydrogen) atoms. The van der Waals surface area contributed by atoms with Crippen molar-refractivity contribution in [2.45, 2.75) is 32.1 Å². The molecular formula is C14H17BrFN3. The molecular weight excluding hydrogens is 309 g/mol. The molecule has 0 spiro atoms. The molecule has 0 unspecified atom stereocenters. The van der Waals surface area contributed by atoms with Gasteiger partial charge in [-0.15, -0.1) is 10.2 Å². The molecule has 0 aliphatic rings. The Morgan fingerprint density at radius 1 is 1.21 bits per heavy atom. The van der Waals surface area contributed by atoms with Gasteiger partial charge in [0.25, 0.3) is 0 Å². The maximum atomic E-state index is 13.7. The highest BCUT2D eigenvalue weighted by atomic mass is 79.9. The SMILES string of the molecule is CC(C)Cn1c(CBr)nnc1Cc1ccccc1F. The van der Waals surface area contributed by atoms with E-state index in [2.05, 4.69) is 44.5 Å². The maximum absolute atomic E-state index is 13.7. The second-order valence-electron chi connectivity index (χ2n) is 4.94. The highest BCUT2D eigenvalue weighted by Crippen LogP contribution is 2.15. The van der Waals surface area contributed by atoms with Crippen LogP contribution >= 0.6 is 15.9 Å². The number of rotatable bonds is 5. The van der Waals surface area contributed by atoms with Gasteiger partial charge in [0.15, 0.2) is 0 Å². The van der Waals surface area contributed by atoms with E-state index in [0.29, 0.717) is 23.2 Å². The monoisotopic (exact) mass is 325 g/mol. The lowest BCUT2D eigenvalue weighted by Crippen LogP contribution is -2.12. The van der Waals surface area contributed by atoms with Gasteiger partial charge in [-0.2, -0.15) is 0 Å². The molecule has 102 valence electrons. The molecule has 0 atom stereocenters. The highest BCUT2D eigenvalue weighted by Gasteiger charge is 2.14. The zero-order valence-electron chi connectivity index (χ0n) is 11.1.